The summed E-state index contributed by atoms with van der Waals surface area (Å²) in [7, 11) is 0. The van der Waals surface area contributed by atoms with Gasteiger partial charge in [-0.25, -0.2) is 4.79 Å². The van der Waals surface area contributed by atoms with E-state index in [-0.39, 0.29) is 10.9 Å². The lowest BCUT2D eigenvalue weighted by Gasteiger charge is -2.37. The van der Waals surface area contributed by atoms with Crippen molar-refractivity contribution in [2.45, 2.75) is 12.5 Å². The Kier molecular flexibility index (Phi) is 3.13. The lowest BCUT2D eigenvalue weighted by atomic mass is 9.77. The largest absolute Gasteiger partial charge is 0.456 e. The molecule has 2 aliphatic rings. The summed E-state index contributed by atoms with van der Waals surface area (Å²) in [6, 6.07) is 17.7. The van der Waals surface area contributed by atoms with Crippen LogP contribution in [-0.4, -0.2) is 16.4 Å². The van der Waals surface area contributed by atoms with Crippen molar-refractivity contribution < 1.29 is 24.7 Å². The molecule has 2 heterocycles. The first-order chi connectivity index (χ1) is 13.0. The van der Waals surface area contributed by atoms with Gasteiger partial charge in [-0.2, -0.15) is 0 Å². The number of fused-ring (bicyclic) bond motifs is 6. The van der Waals surface area contributed by atoms with Gasteiger partial charge in [-0.05, 0) is 37.3 Å². The maximum absolute atomic E-state index is 12.7. The van der Waals surface area contributed by atoms with Gasteiger partial charge in [0, 0.05) is 22.8 Å². The number of esters is 1. The van der Waals surface area contributed by atoms with Crippen molar-refractivity contribution in [3.05, 3.63) is 88.5 Å². The van der Waals surface area contributed by atoms with Crippen molar-refractivity contribution >= 4 is 11.7 Å². The Bertz CT molecular complexity index is 1110. The van der Waals surface area contributed by atoms with Crippen LogP contribution in [-0.2, 0) is 10.3 Å². The highest BCUT2D eigenvalue weighted by molar-refractivity contribution is 5.97. The summed E-state index contributed by atoms with van der Waals surface area (Å²) in [4.78, 5) is 12.7. The molecule has 27 heavy (non-hydrogen) atoms. The molecule has 0 bridgehead atoms. The van der Waals surface area contributed by atoms with Gasteiger partial charge in [0.2, 0.25) is 0 Å². The van der Waals surface area contributed by atoms with Crippen molar-refractivity contribution in [1.82, 2.24) is 0 Å². The molecule has 5 rings (SSSR count). The number of rotatable bonds is 1. The van der Waals surface area contributed by atoms with E-state index in [1.54, 1.807) is 18.2 Å². The zero-order valence-corrected chi connectivity index (χ0v) is 14.3. The van der Waals surface area contributed by atoms with E-state index in [9.17, 15) is 15.2 Å². The minimum atomic E-state index is -1.14. The molecule has 3 aromatic rings. The van der Waals surface area contributed by atoms with Gasteiger partial charge in [0.1, 0.15) is 11.5 Å². The second-order valence-corrected chi connectivity index (χ2v) is 6.69. The predicted octanol–water partition coefficient (Wildman–Crippen LogP) is 4.15. The van der Waals surface area contributed by atoms with Gasteiger partial charge in [0.25, 0.3) is 0 Å². The van der Waals surface area contributed by atoms with E-state index >= 15 is 0 Å². The summed E-state index contributed by atoms with van der Waals surface area (Å²) in [6.45, 7) is 1.96. The molecule has 1 atom stereocenters. The van der Waals surface area contributed by atoms with Crippen molar-refractivity contribution in [3.8, 4) is 11.5 Å². The average Bonchev–Trinajstić information content (AvgIpc) is 2.96. The van der Waals surface area contributed by atoms with Crippen LogP contribution in [0.25, 0.3) is 0 Å². The monoisotopic (exact) mass is 361 g/mol. The van der Waals surface area contributed by atoms with E-state index in [2.05, 4.69) is 0 Å². The maximum atomic E-state index is 12.7. The predicted molar refractivity (Wildman–Crippen MR) is 95.5 cm³/mol. The minimum absolute atomic E-state index is 0.0234. The third kappa shape index (κ3) is 2.05. The van der Waals surface area contributed by atoms with Gasteiger partial charge >= 0.3 is 5.97 Å². The first-order valence-electron chi connectivity index (χ1n) is 8.45. The molecule has 2 N–H and O–H groups in total. The third-order valence-corrected chi connectivity index (χ3v) is 5.08. The molecular weight excluding hydrogens is 346 g/mol. The van der Waals surface area contributed by atoms with Gasteiger partial charge in [-0.1, -0.05) is 29.8 Å². The van der Waals surface area contributed by atoms with Gasteiger partial charge in [0.05, 0.1) is 11.3 Å². The number of carbonyl (C=O) groups excluding carboxylic acids is 1. The number of carbonyl (C=O) groups is 1. The molecule has 3 aromatic carbocycles. The molecule has 0 amide bonds. The Labute approximate surface area is 154 Å². The average molecular weight is 361 g/mol. The molecular formula is C21H15NO5. The van der Waals surface area contributed by atoms with E-state index in [1.165, 1.54) is 12.1 Å². The number of aryl methyl sites for hydroxylation is 1. The maximum Gasteiger partial charge on any atom is 0.340 e. The Morgan fingerprint density at radius 2 is 1.70 bits per heavy atom. The highest BCUT2D eigenvalue weighted by Gasteiger charge is 2.53. The van der Waals surface area contributed by atoms with Crippen LogP contribution in [0.2, 0.25) is 0 Å². The zero-order chi connectivity index (χ0) is 18.8. The topological polar surface area (TPSA) is 79.2 Å². The first-order valence-corrected chi connectivity index (χ1v) is 8.45. The van der Waals surface area contributed by atoms with Crippen LogP contribution in [0.15, 0.2) is 60.7 Å². The van der Waals surface area contributed by atoms with Gasteiger partial charge in [0.15, 0.2) is 5.60 Å². The van der Waals surface area contributed by atoms with Gasteiger partial charge < -0.3 is 9.47 Å². The highest BCUT2D eigenvalue weighted by Crippen LogP contribution is 2.56. The SMILES string of the molecule is Cc1ccc2c(c1)C1(OC(=O)c3ccccc31)c1ccc(N(O)O)cc1O2. The van der Waals surface area contributed by atoms with Crippen molar-refractivity contribution in [2.75, 3.05) is 5.23 Å². The van der Waals surface area contributed by atoms with Gasteiger partial charge in [-0.3, -0.25) is 10.4 Å². The summed E-state index contributed by atoms with van der Waals surface area (Å²) < 4.78 is 12.0. The number of benzene rings is 3. The lowest BCUT2D eigenvalue weighted by Crippen LogP contribution is -2.33. The fourth-order valence-electron chi connectivity index (χ4n) is 3.90. The van der Waals surface area contributed by atoms with Gasteiger partial charge in [-0.15, -0.1) is 5.23 Å². The molecule has 6 heteroatoms. The van der Waals surface area contributed by atoms with E-state index in [1.807, 2.05) is 37.3 Å². The standard InChI is InChI=1S/C21H15NO5/c1-12-6-9-18-17(10-12)21(15-5-3-2-4-14(15)20(23)27-21)16-8-7-13(22(24)25)11-19(16)26-18/h2-11,24-25H,1H3. The molecule has 0 radical (unpaired) electrons. The molecule has 0 saturated heterocycles. The Hall–Kier alpha value is -3.35. The van der Waals surface area contributed by atoms with Crippen LogP contribution in [0, 0.1) is 6.92 Å². The minimum Gasteiger partial charge on any atom is -0.456 e. The summed E-state index contributed by atoms with van der Waals surface area (Å²) in [5.74, 6) is 0.541. The third-order valence-electron chi connectivity index (χ3n) is 5.08. The van der Waals surface area contributed by atoms with Crippen molar-refractivity contribution in [2.24, 2.45) is 0 Å². The summed E-state index contributed by atoms with van der Waals surface area (Å²) in [5.41, 5.74) is 2.62. The molecule has 134 valence electrons. The molecule has 0 aromatic heterocycles. The molecule has 0 fully saturated rings. The second-order valence-electron chi connectivity index (χ2n) is 6.69. The quantitative estimate of drug-likeness (QED) is 0.501. The van der Waals surface area contributed by atoms with E-state index in [4.69, 9.17) is 9.47 Å². The molecule has 2 aliphatic heterocycles. The molecule has 1 spiro atoms. The molecule has 1 unspecified atom stereocenters. The molecule has 0 saturated carbocycles. The molecule has 6 nitrogen and oxygen atoms in total. The first kappa shape index (κ1) is 15.9. The molecule has 0 aliphatic carbocycles. The fourth-order valence-corrected chi connectivity index (χ4v) is 3.90. The van der Waals surface area contributed by atoms with Crippen LogP contribution in [0.1, 0.15) is 32.6 Å². The normalized spacial score (nSPS) is 19.0. The van der Waals surface area contributed by atoms with Crippen LogP contribution in [0.3, 0.4) is 0 Å². The fraction of sp³-hybridized carbons (Fsp3) is 0.0952. The summed E-state index contributed by atoms with van der Waals surface area (Å²) >= 11 is 0. The lowest BCUT2D eigenvalue weighted by molar-refractivity contribution is 0.0214. The second kappa shape index (κ2) is 5.33. The van der Waals surface area contributed by atoms with E-state index in [0.29, 0.717) is 22.6 Å². The summed E-state index contributed by atoms with van der Waals surface area (Å²) in [5, 5.41) is 18.7. The number of anilines is 1. The van der Waals surface area contributed by atoms with Crippen LogP contribution < -0.4 is 9.96 Å². The van der Waals surface area contributed by atoms with E-state index in [0.717, 1.165) is 16.7 Å². The number of nitrogens with zero attached hydrogens (tertiary/aromatic N) is 1. The highest BCUT2D eigenvalue weighted by atomic mass is 16.8. The van der Waals surface area contributed by atoms with Crippen LogP contribution in [0.4, 0.5) is 5.69 Å². The Morgan fingerprint density at radius 3 is 2.52 bits per heavy atom. The zero-order valence-electron chi connectivity index (χ0n) is 14.3. The summed E-state index contributed by atoms with van der Waals surface area (Å²) in [6.07, 6.45) is 0. The van der Waals surface area contributed by atoms with Crippen molar-refractivity contribution in [1.29, 1.82) is 0 Å². The van der Waals surface area contributed by atoms with E-state index < -0.39 is 11.6 Å². The number of hydrogen-bond donors (Lipinski definition) is 2. The Balaban J connectivity index is 1.87. The number of ether oxygens (including phenoxy) is 2. The Morgan fingerprint density at radius 1 is 0.889 bits per heavy atom. The van der Waals surface area contributed by atoms with Crippen molar-refractivity contribution in [3.63, 3.8) is 0 Å². The smallest absolute Gasteiger partial charge is 0.340 e. The van der Waals surface area contributed by atoms with Crippen LogP contribution >= 0.6 is 0 Å². The van der Waals surface area contributed by atoms with Crippen LogP contribution in [0.5, 0.6) is 11.5 Å². The number of hydrogen-bond acceptors (Lipinski definition) is 6.